The summed E-state index contributed by atoms with van der Waals surface area (Å²) in [6.45, 7) is 5.32. The predicted molar refractivity (Wildman–Crippen MR) is 140 cm³/mol. The van der Waals surface area contributed by atoms with Crippen molar-refractivity contribution in [1.29, 1.82) is 0 Å². The summed E-state index contributed by atoms with van der Waals surface area (Å²) < 4.78 is 28.6. The molecule has 0 unspecified atom stereocenters. The second kappa shape index (κ2) is 11.7. The van der Waals surface area contributed by atoms with E-state index in [1.165, 1.54) is 48.2 Å². The molecule has 0 bridgehead atoms. The molecule has 1 fully saturated rings. The molecule has 8 heteroatoms. The Morgan fingerprint density at radius 2 is 1.64 bits per heavy atom. The van der Waals surface area contributed by atoms with Gasteiger partial charge in [0.2, 0.25) is 10.0 Å². The van der Waals surface area contributed by atoms with Gasteiger partial charge in [-0.15, -0.1) is 0 Å². The molecule has 0 saturated carbocycles. The Balaban J connectivity index is 1.20. The van der Waals surface area contributed by atoms with Crippen LogP contribution in [0.25, 0.3) is 0 Å². The highest BCUT2D eigenvalue weighted by molar-refractivity contribution is 7.89. The van der Waals surface area contributed by atoms with E-state index in [1.807, 2.05) is 19.1 Å². The first kappa shape index (κ1) is 25.9. The van der Waals surface area contributed by atoms with Crippen LogP contribution >= 0.6 is 0 Å². The summed E-state index contributed by atoms with van der Waals surface area (Å²) in [4.78, 5) is 14.8. The summed E-state index contributed by atoms with van der Waals surface area (Å²) in [7, 11) is -3.78. The summed E-state index contributed by atoms with van der Waals surface area (Å²) in [6.07, 6.45) is 2.13. The molecule has 7 nitrogen and oxygen atoms in total. The fourth-order valence-electron chi connectivity index (χ4n) is 4.49. The summed E-state index contributed by atoms with van der Waals surface area (Å²) in [6, 6.07) is 24.4. The minimum atomic E-state index is -3.78. The molecule has 1 aliphatic rings. The number of nitrogens with zero attached hydrogens (tertiary/aromatic N) is 1. The van der Waals surface area contributed by atoms with Crippen LogP contribution in [0.1, 0.15) is 47.2 Å². The summed E-state index contributed by atoms with van der Waals surface area (Å²) in [5.74, 6) is 1.10. The number of carbonyl (C=O) groups is 1. The number of hydrogen-bond donors (Lipinski definition) is 2. The minimum absolute atomic E-state index is 0.0316. The van der Waals surface area contributed by atoms with E-state index in [2.05, 4.69) is 52.7 Å². The Labute approximate surface area is 213 Å². The van der Waals surface area contributed by atoms with Gasteiger partial charge in [0.25, 0.3) is 5.91 Å². The van der Waals surface area contributed by atoms with E-state index in [0.717, 1.165) is 25.4 Å². The Bertz CT molecular complexity index is 1240. The van der Waals surface area contributed by atoms with Gasteiger partial charge in [0.1, 0.15) is 11.9 Å². The van der Waals surface area contributed by atoms with Gasteiger partial charge in [0.05, 0.1) is 11.4 Å². The van der Waals surface area contributed by atoms with E-state index in [1.54, 1.807) is 0 Å². The maximum Gasteiger partial charge on any atom is 0.251 e. The van der Waals surface area contributed by atoms with Crippen molar-refractivity contribution in [2.45, 2.75) is 43.2 Å². The number of carbonyl (C=O) groups excluding carboxylic acids is 1. The molecule has 36 heavy (non-hydrogen) atoms. The number of rotatable bonds is 9. The zero-order valence-electron chi connectivity index (χ0n) is 20.5. The highest BCUT2D eigenvalue weighted by Gasteiger charge is 2.20. The lowest BCUT2D eigenvalue weighted by atomic mass is 9.89. The molecule has 4 rings (SSSR count). The standard InChI is InChI=1S/C28H33N3O4S/c1-21(19-30-28(32)25-9-13-27(14-10-25)36(29,33)34)35-26-11-7-22(8-12-26)20-31-17-15-24(16-18-31)23-5-3-2-4-6-23/h2-14,21,24H,15-20H2,1H3,(H,30,32)(H2,29,33,34)/t21-/m0/s1. The van der Waals surface area contributed by atoms with Gasteiger partial charge in [0.15, 0.2) is 0 Å². The number of amides is 1. The van der Waals surface area contributed by atoms with E-state index >= 15 is 0 Å². The molecule has 1 saturated heterocycles. The van der Waals surface area contributed by atoms with Crippen LogP contribution in [-0.4, -0.2) is 45.0 Å². The van der Waals surface area contributed by atoms with Crippen LogP contribution in [0.4, 0.5) is 0 Å². The number of primary sulfonamides is 1. The van der Waals surface area contributed by atoms with Gasteiger partial charge < -0.3 is 10.1 Å². The third-order valence-electron chi connectivity index (χ3n) is 6.52. The largest absolute Gasteiger partial charge is 0.489 e. The quantitative estimate of drug-likeness (QED) is 0.457. The lowest BCUT2D eigenvalue weighted by Crippen LogP contribution is -2.33. The Kier molecular flexibility index (Phi) is 8.40. The van der Waals surface area contributed by atoms with Crippen molar-refractivity contribution >= 4 is 15.9 Å². The highest BCUT2D eigenvalue weighted by Crippen LogP contribution is 2.28. The third-order valence-corrected chi connectivity index (χ3v) is 7.45. The van der Waals surface area contributed by atoms with Gasteiger partial charge in [0, 0.05) is 12.1 Å². The van der Waals surface area contributed by atoms with Gasteiger partial charge >= 0.3 is 0 Å². The fourth-order valence-corrected chi connectivity index (χ4v) is 5.01. The fraction of sp³-hybridized carbons (Fsp3) is 0.321. The second-order valence-electron chi connectivity index (χ2n) is 9.31. The molecule has 3 N–H and O–H groups in total. The smallest absolute Gasteiger partial charge is 0.251 e. The van der Waals surface area contributed by atoms with Crippen LogP contribution in [0, 0.1) is 0 Å². The number of hydrogen-bond acceptors (Lipinski definition) is 5. The van der Waals surface area contributed by atoms with Crippen molar-refractivity contribution in [1.82, 2.24) is 10.2 Å². The first-order valence-electron chi connectivity index (χ1n) is 12.2. The maximum atomic E-state index is 12.3. The average Bonchev–Trinajstić information content (AvgIpc) is 2.89. The van der Waals surface area contributed by atoms with Crippen LogP contribution < -0.4 is 15.2 Å². The summed E-state index contributed by atoms with van der Waals surface area (Å²) in [5.41, 5.74) is 3.06. The molecule has 0 radical (unpaired) electrons. The summed E-state index contributed by atoms with van der Waals surface area (Å²) in [5, 5.41) is 7.90. The number of ether oxygens (including phenoxy) is 1. The van der Waals surface area contributed by atoms with Gasteiger partial charge in [-0.05, 0) is 86.3 Å². The van der Waals surface area contributed by atoms with Gasteiger partial charge in [-0.25, -0.2) is 13.6 Å². The number of piperidine rings is 1. The Morgan fingerprint density at radius 3 is 2.25 bits per heavy atom. The molecule has 1 amide bonds. The van der Waals surface area contributed by atoms with Gasteiger partial charge in [-0.1, -0.05) is 42.5 Å². The molecule has 190 valence electrons. The first-order chi connectivity index (χ1) is 17.3. The van der Waals surface area contributed by atoms with Gasteiger partial charge in [-0.2, -0.15) is 0 Å². The number of nitrogens with two attached hydrogens (primary N) is 1. The molecular weight excluding hydrogens is 474 g/mol. The summed E-state index contributed by atoms with van der Waals surface area (Å²) >= 11 is 0. The van der Waals surface area contributed by atoms with Crippen molar-refractivity contribution in [2.75, 3.05) is 19.6 Å². The third kappa shape index (κ3) is 7.16. The molecule has 3 aromatic carbocycles. The molecular formula is C28H33N3O4S. The van der Waals surface area contributed by atoms with Crippen LogP contribution in [0.2, 0.25) is 0 Å². The SMILES string of the molecule is C[C@@H](CNC(=O)c1ccc(S(N)(=O)=O)cc1)Oc1ccc(CN2CCC(c3ccccc3)CC2)cc1. The molecule has 0 spiro atoms. The van der Waals surface area contributed by atoms with Gasteiger partial charge in [-0.3, -0.25) is 9.69 Å². The van der Waals surface area contributed by atoms with Crippen molar-refractivity contribution in [3.05, 3.63) is 95.6 Å². The van der Waals surface area contributed by atoms with Crippen molar-refractivity contribution < 1.29 is 17.9 Å². The van der Waals surface area contributed by atoms with Crippen molar-refractivity contribution in [2.24, 2.45) is 5.14 Å². The molecule has 3 aromatic rings. The van der Waals surface area contributed by atoms with E-state index in [9.17, 15) is 13.2 Å². The number of likely N-dealkylation sites (tertiary alicyclic amines) is 1. The van der Waals surface area contributed by atoms with Crippen molar-refractivity contribution in [3.63, 3.8) is 0 Å². The van der Waals surface area contributed by atoms with Crippen LogP contribution in [0.5, 0.6) is 5.75 Å². The van der Waals surface area contributed by atoms with E-state index in [0.29, 0.717) is 18.0 Å². The maximum absolute atomic E-state index is 12.3. The van der Waals surface area contributed by atoms with Crippen molar-refractivity contribution in [3.8, 4) is 5.75 Å². The molecule has 0 aromatic heterocycles. The molecule has 1 heterocycles. The van der Waals surface area contributed by atoms with Crippen LogP contribution in [0.15, 0.2) is 83.8 Å². The minimum Gasteiger partial charge on any atom is -0.489 e. The molecule has 1 atom stereocenters. The van der Waals surface area contributed by atoms with E-state index in [-0.39, 0.29) is 16.9 Å². The first-order valence-corrected chi connectivity index (χ1v) is 13.8. The highest BCUT2D eigenvalue weighted by atomic mass is 32.2. The topological polar surface area (TPSA) is 102 Å². The zero-order valence-corrected chi connectivity index (χ0v) is 21.3. The monoisotopic (exact) mass is 507 g/mol. The van der Waals surface area contributed by atoms with Crippen LogP contribution in [-0.2, 0) is 16.6 Å². The average molecular weight is 508 g/mol. The predicted octanol–water partition coefficient (Wildman–Crippen LogP) is 3.91. The normalized spacial score (nSPS) is 15.8. The Morgan fingerprint density at radius 1 is 1.00 bits per heavy atom. The van der Waals surface area contributed by atoms with Crippen LogP contribution in [0.3, 0.4) is 0 Å². The lowest BCUT2D eigenvalue weighted by Gasteiger charge is -2.32. The second-order valence-corrected chi connectivity index (χ2v) is 10.9. The zero-order chi connectivity index (χ0) is 25.5. The van der Waals surface area contributed by atoms with E-state index < -0.39 is 10.0 Å². The lowest BCUT2D eigenvalue weighted by molar-refractivity contribution is 0.0932. The van der Waals surface area contributed by atoms with E-state index in [4.69, 9.17) is 9.88 Å². The molecule has 0 aliphatic carbocycles. The number of nitrogens with one attached hydrogen (secondary N) is 1. The Hall–Kier alpha value is -3.20. The number of sulfonamides is 1. The number of benzene rings is 3. The molecule has 1 aliphatic heterocycles.